The number of benzene rings is 1. The molecule has 1 aromatic carbocycles. The van der Waals surface area contributed by atoms with E-state index in [0.29, 0.717) is 18.7 Å². The Hall–Kier alpha value is -2.56. The number of anilines is 2. The fourth-order valence-corrected chi connectivity index (χ4v) is 2.67. The SMILES string of the molecule is CCC(=O)Nc1ccc2c(c1)CCCN2C(=O)c1ccco1. The molecule has 0 radical (unpaired) electrons. The molecule has 0 unspecified atom stereocenters. The molecule has 0 saturated carbocycles. The highest BCUT2D eigenvalue weighted by Crippen LogP contribution is 2.31. The topological polar surface area (TPSA) is 62.6 Å². The maximum absolute atomic E-state index is 12.5. The lowest BCUT2D eigenvalue weighted by atomic mass is 10.0. The first-order valence-corrected chi connectivity index (χ1v) is 7.47. The Morgan fingerprint density at radius 2 is 2.18 bits per heavy atom. The number of hydrogen-bond donors (Lipinski definition) is 1. The monoisotopic (exact) mass is 298 g/mol. The van der Waals surface area contributed by atoms with Gasteiger partial charge in [-0.2, -0.15) is 0 Å². The summed E-state index contributed by atoms with van der Waals surface area (Å²) in [5, 5.41) is 2.85. The van der Waals surface area contributed by atoms with Crippen molar-refractivity contribution in [3.05, 3.63) is 47.9 Å². The van der Waals surface area contributed by atoms with Gasteiger partial charge in [0, 0.05) is 24.3 Å². The van der Waals surface area contributed by atoms with E-state index >= 15 is 0 Å². The minimum Gasteiger partial charge on any atom is -0.459 e. The molecule has 22 heavy (non-hydrogen) atoms. The second-order valence-corrected chi connectivity index (χ2v) is 5.28. The van der Waals surface area contributed by atoms with Crippen LogP contribution in [0, 0.1) is 0 Å². The molecular weight excluding hydrogens is 280 g/mol. The van der Waals surface area contributed by atoms with Crippen LogP contribution >= 0.6 is 0 Å². The van der Waals surface area contributed by atoms with Crippen LogP contribution in [0.1, 0.15) is 35.9 Å². The number of fused-ring (bicyclic) bond motifs is 1. The van der Waals surface area contributed by atoms with Crippen molar-refractivity contribution in [2.75, 3.05) is 16.8 Å². The molecule has 5 nitrogen and oxygen atoms in total. The van der Waals surface area contributed by atoms with Crippen molar-refractivity contribution in [3.63, 3.8) is 0 Å². The van der Waals surface area contributed by atoms with Crippen LogP contribution in [0.4, 0.5) is 11.4 Å². The van der Waals surface area contributed by atoms with Crippen LogP contribution in [0.15, 0.2) is 41.0 Å². The number of aryl methyl sites for hydroxylation is 1. The first-order valence-electron chi connectivity index (χ1n) is 7.47. The first kappa shape index (κ1) is 14.4. The number of carbonyl (C=O) groups excluding carboxylic acids is 2. The Morgan fingerprint density at radius 1 is 1.32 bits per heavy atom. The van der Waals surface area contributed by atoms with Gasteiger partial charge < -0.3 is 14.6 Å². The van der Waals surface area contributed by atoms with Gasteiger partial charge in [-0.1, -0.05) is 6.92 Å². The summed E-state index contributed by atoms with van der Waals surface area (Å²) in [4.78, 5) is 25.7. The zero-order valence-corrected chi connectivity index (χ0v) is 12.5. The Balaban J connectivity index is 1.87. The predicted molar refractivity (Wildman–Crippen MR) is 84.1 cm³/mol. The van der Waals surface area contributed by atoms with E-state index in [9.17, 15) is 9.59 Å². The maximum Gasteiger partial charge on any atom is 0.293 e. The van der Waals surface area contributed by atoms with Crippen molar-refractivity contribution in [2.24, 2.45) is 0 Å². The summed E-state index contributed by atoms with van der Waals surface area (Å²) in [5.74, 6) is 0.201. The lowest BCUT2D eigenvalue weighted by Crippen LogP contribution is -2.35. The van der Waals surface area contributed by atoms with Crippen molar-refractivity contribution >= 4 is 23.2 Å². The number of nitrogens with one attached hydrogen (secondary N) is 1. The molecule has 2 amide bonds. The fraction of sp³-hybridized carbons (Fsp3) is 0.294. The highest BCUT2D eigenvalue weighted by atomic mass is 16.3. The van der Waals surface area contributed by atoms with E-state index in [1.807, 2.05) is 25.1 Å². The first-order chi connectivity index (χ1) is 10.7. The summed E-state index contributed by atoms with van der Waals surface area (Å²) >= 11 is 0. The zero-order chi connectivity index (χ0) is 15.5. The number of amides is 2. The molecule has 1 aliphatic heterocycles. The average molecular weight is 298 g/mol. The van der Waals surface area contributed by atoms with E-state index in [4.69, 9.17) is 4.42 Å². The normalized spacial score (nSPS) is 13.6. The minimum atomic E-state index is -0.128. The van der Waals surface area contributed by atoms with Crippen molar-refractivity contribution < 1.29 is 14.0 Å². The lowest BCUT2D eigenvalue weighted by Gasteiger charge is -2.29. The van der Waals surface area contributed by atoms with Gasteiger partial charge in [0.1, 0.15) is 0 Å². The maximum atomic E-state index is 12.5. The Kier molecular flexibility index (Phi) is 3.96. The standard InChI is InChI=1S/C17H18N2O3/c1-2-16(20)18-13-7-8-14-12(11-13)5-3-9-19(14)17(21)15-6-4-10-22-15/h4,6-8,10-11H,2-3,5,9H2,1H3,(H,18,20). The van der Waals surface area contributed by atoms with Gasteiger partial charge in [-0.15, -0.1) is 0 Å². The van der Waals surface area contributed by atoms with Crippen LogP contribution < -0.4 is 10.2 Å². The number of carbonyl (C=O) groups is 2. The zero-order valence-electron chi connectivity index (χ0n) is 12.5. The van der Waals surface area contributed by atoms with E-state index in [2.05, 4.69) is 5.32 Å². The van der Waals surface area contributed by atoms with Gasteiger partial charge in [-0.25, -0.2) is 0 Å². The van der Waals surface area contributed by atoms with Crippen LogP contribution in [-0.4, -0.2) is 18.4 Å². The van der Waals surface area contributed by atoms with E-state index in [1.54, 1.807) is 17.0 Å². The summed E-state index contributed by atoms with van der Waals surface area (Å²) in [7, 11) is 0. The smallest absolute Gasteiger partial charge is 0.293 e. The molecule has 2 aromatic rings. The van der Waals surface area contributed by atoms with E-state index in [-0.39, 0.29) is 11.8 Å². The van der Waals surface area contributed by atoms with Crippen LogP contribution in [-0.2, 0) is 11.2 Å². The molecule has 0 fully saturated rings. The molecule has 2 heterocycles. The van der Waals surface area contributed by atoms with Crippen LogP contribution in [0.2, 0.25) is 0 Å². The summed E-state index contributed by atoms with van der Waals surface area (Å²) in [6.07, 6.45) is 3.74. The van der Waals surface area contributed by atoms with E-state index in [1.165, 1.54) is 6.26 Å². The number of furan rings is 1. The molecule has 0 aliphatic carbocycles. The van der Waals surface area contributed by atoms with Gasteiger partial charge >= 0.3 is 0 Å². The van der Waals surface area contributed by atoms with E-state index in [0.717, 1.165) is 29.8 Å². The van der Waals surface area contributed by atoms with E-state index < -0.39 is 0 Å². The highest BCUT2D eigenvalue weighted by Gasteiger charge is 2.25. The molecule has 114 valence electrons. The Morgan fingerprint density at radius 3 is 2.91 bits per heavy atom. The predicted octanol–water partition coefficient (Wildman–Crippen LogP) is 3.22. The Bertz CT molecular complexity index is 692. The third-order valence-corrected chi connectivity index (χ3v) is 3.78. The molecule has 1 aromatic heterocycles. The van der Waals surface area contributed by atoms with Crippen LogP contribution in [0.3, 0.4) is 0 Å². The van der Waals surface area contributed by atoms with Gasteiger partial charge in [-0.3, -0.25) is 9.59 Å². The molecule has 3 rings (SSSR count). The van der Waals surface area contributed by atoms with Crippen LogP contribution in [0.25, 0.3) is 0 Å². The summed E-state index contributed by atoms with van der Waals surface area (Å²) in [6, 6.07) is 9.05. The number of hydrogen-bond acceptors (Lipinski definition) is 3. The highest BCUT2D eigenvalue weighted by molar-refractivity contribution is 6.05. The lowest BCUT2D eigenvalue weighted by molar-refractivity contribution is -0.115. The molecule has 0 bridgehead atoms. The van der Waals surface area contributed by atoms with Crippen molar-refractivity contribution in [1.82, 2.24) is 0 Å². The molecular formula is C17H18N2O3. The van der Waals surface area contributed by atoms with Crippen molar-refractivity contribution in [3.8, 4) is 0 Å². The largest absolute Gasteiger partial charge is 0.459 e. The second kappa shape index (κ2) is 6.05. The molecule has 1 aliphatic rings. The second-order valence-electron chi connectivity index (χ2n) is 5.28. The molecule has 0 saturated heterocycles. The third kappa shape index (κ3) is 2.74. The quantitative estimate of drug-likeness (QED) is 0.946. The summed E-state index contributed by atoms with van der Waals surface area (Å²) < 4.78 is 5.21. The van der Waals surface area contributed by atoms with Gasteiger partial charge in [0.25, 0.3) is 5.91 Å². The van der Waals surface area contributed by atoms with Gasteiger partial charge in [0.05, 0.1) is 6.26 Å². The summed E-state index contributed by atoms with van der Waals surface area (Å²) in [6.45, 7) is 2.49. The average Bonchev–Trinajstić information content (AvgIpc) is 3.07. The van der Waals surface area contributed by atoms with Crippen molar-refractivity contribution in [1.29, 1.82) is 0 Å². The number of nitrogens with zero attached hydrogens (tertiary/aromatic N) is 1. The van der Waals surface area contributed by atoms with Crippen molar-refractivity contribution in [2.45, 2.75) is 26.2 Å². The fourth-order valence-electron chi connectivity index (χ4n) is 2.67. The molecule has 0 atom stereocenters. The molecule has 1 N–H and O–H groups in total. The van der Waals surface area contributed by atoms with Gasteiger partial charge in [-0.05, 0) is 48.7 Å². The van der Waals surface area contributed by atoms with Gasteiger partial charge in [0.15, 0.2) is 5.76 Å². The summed E-state index contributed by atoms with van der Waals surface area (Å²) in [5.41, 5.74) is 2.74. The third-order valence-electron chi connectivity index (χ3n) is 3.78. The number of rotatable bonds is 3. The minimum absolute atomic E-state index is 0.0146. The molecule has 5 heteroatoms. The van der Waals surface area contributed by atoms with Gasteiger partial charge in [0.2, 0.25) is 5.91 Å². The molecule has 0 spiro atoms. The van der Waals surface area contributed by atoms with Crippen LogP contribution in [0.5, 0.6) is 0 Å². The Labute approximate surface area is 128 Å².